The van der Waals surface area contributed by atoms with Gasteiger partial charge in [-0.15, -0.1) is 10.2 Å². The Hall–Kier alpha value is -4.70. The van der Waals surface area contributed by atoms with E-state index in [0.717, 1.165) is 54.0 Å². The van der Waals surface area contributed by atoms with Crippen molar-refractivity contribution in [1.82, 2.24) is 20.3 Å². The number of carboxylic acids is 1. The van der Waals surface area contributed by atoms with Crippen LogP contribution in [0.15, 0.2) is 81.4 Å². The lowest BCUT2D eigenvalue weighted by Crippen LogP contribution is -2.46. The first-order valence-corrected chi connectivity index (χ1v) is 13.6. The topological polar surface area (TPSA) is 120 Å². The number of carboxylic acid groups (broad SMARTS) is 1. The molecule has 1 aliphatic heterocycles. The molecular formula is C31H33N7O3. The van der Waals surface area contributed by atoms with Crippen LogP contribution in [0.5, 0.6) is 0 Å². The molecule has 1 aliphatic rings. The fourth-order valence-electron chi connectivity index (χ4n) is 4.95. The molecule has 10 nitrogen and oxygen atoms in total. The summed E-state index contributed by atoms with van der Waals surface area (Å²) in [6, 6.07) is 20.1. The van der Waals surface area contributed by atoms with Gasteiger partial charge in [-0.2, -0.15) is 0 Å². The first kappa shape index (κ1) is 27.9. The van der Waals surface area contributed by atoms with Crippen molar-refractivity contribution in [2.24, 2.45) is 15.9 Å². The van der Waals surface area contributed by atoms with Crippen molar-refractivity contribution in [1.29, 1.82) is 0 Å². The van der Waals surface area contributed by atoms with Crippen molar-refractivity contribution in [3.8, 4) is 11.3 Å². The molecule has 210 valence electrons. The van der Waals surface area contributed by atoms with Crippen LogP contribution in [-0.4, -0.2) is 77.1 Å². The molecule has 1 fully saturated rings. The van der Waals surface area contributed by atoms with Gasteiger partial charge in [-0.3, -0.25) is 19.7 Å². The van der Waals surface area contributed by atoms with Crippen LogP contribution in [0, 0.1) is 5.92 Å². The molecule has 5 rings (SSSR count). The molecule has 0 amide bonds. The van der Waals surface area contributed by atoms with Crippen LogP contribution in [0.3, 0.4) is 0 Å². The Balaban J connectivity index is 1.20. The second-order valence-corrected chi connectivity index (χ2v) is 10.3. The van der Waals surface area contributed by atoms with Crippen LogP contribution in [0.1, 0.15) is 31.2 Å². The molecule has 3 heterocycles. The third-order valence-corrected chi connectivity index (χ3v) is 7.18. The molecule has 41 heavy (non-hydrogen) atoms. The van der Waals surface area contributed by atoms with E-state index in [-0.39, 0.29) is 5.92 Å². The SMILES string of the molecule is C=N/C=C(\C=N/CN1CCN(c2ccc3nnc(-c4ccccc4)cc3c2)CC1)c1cc(C(C(=O)O)C(C)C)on1. The Kier molecular flexibility index (Phi) is 8.59. The highest BCUT2D eigenvalue weighted by molar-refractivity contribution is 6.09. The largest absolute Gasteiger partial charge is 0.481 e. The molecule has 2 aromatic heterocycles. The standard InChI is InChI=1S/C31H33N7O3/c1-21(2)30(31(39)40)29-17-28(36-41-29)24(18-32-3)19-33-20-37-11-13-38(14-12-37)25-9-10-26-23(15-25)16-27(35-34-26)22-7-5-4-6-8-22/h4-10,15-19,21,30H,3,11-14,20H2,1-2H3,(H,39,40)/b24-18+,33-19-. The van der Waals surface area contributed by atoms with E-state index in [0.29, 0.717) is 23.7 Å². The summed E-state index contributed by atoms with van der Waals surface area (Å²) in [6.45, 7) is 11.2. The van der Waals surface area contributed by atoms with Gasteiger partial charge in [0.15, 0.2) is 5.76 Å². The monoisotopic (exact) mass is 551 g/mol. The minimum absolute atomic E-state index is 0.138. The number of aliphatic imine (C=N–C) groups is 2. The summed E-state index contributed by atoms with van der Waals surface area (Å²) < 4.78 is 5.36. The zero-order valence-electron chi connectivity index (χ0n) is 23.2. The van der Waals surface area contributed by atoms with Crippen LogP contribution < -0.4 is 4.90 Å². The summed E-state index contributed by atoms with van der Waals surface area (Å²) in [5.41, 5.74) is 5.04. The number of aliphatic carboxylic acids is 1. The molecule has 1 unspecified atom stereocenters. The molecule has 0 saturated carbocycles. The van der Waals surface area contributed by atoms with Crippen molar-refractivity contribution in [3.05, 3.63) is 78.3 Å². The van der Waals surface area contributed by atoms with E-state index >= 15 is 0 Å². The number of hydrogen-bond donors (Lipinski definition) is 1. The molecule has 10 heteroatoms. The number of fused-ring (bicyclic) bond motifs is 1. The number of allylic oxidation sites excluding steroid dienone is 1. The predicted molar refractivity (Wildman–Crippen MR) is 161 cm³/mol. The summed E-state index contributed by atoms with van der Waals surface area (Å²) in [5.74, 6) is -1.55. The van der Waals surface area contributed by atoms with Gasteiger partial charge in [-0.1, -0.05) is 49.3 Å². The van der Waals surface area contributed by atoms with Gasteiger partial charge in [0.05, 0.1) is 17.9 Å². The fraction of sp³-hybridized carbons (Fsp3) is 0.290. The Morgan fingerprint density at radius 3 is 2.56 bits per heavy atom. The normalized spacial score (nSPS) is 15.6. The van der Waals surface area contributed by atoms with E-state index in [1.54, 1.807) is 18.5 Å². The van der Waals surface area contributed by atoms with E-state index in [2.05, 4.69) is 60.1 Å². The maximum absolute atomic E-state index is 11.7. The highest BCUT2D eigenvalue weighted by atomic mass is 16.5. The molecule has 4 aromatic rings. The Labute approximate surface area is 238 Å². The molecular weight excluding hydrogens is 518 g/mol. The number of anilines is 1. The van der Waals surface area contributed by atoms with Crippen molar-refractivity contribution in [3.63, 3.8) is 0 Å². The van der Waals surface area contributed by atoms with E-state index in [4.69, 9.17) is 4.52 Å². The van der Waals surface area contributed by atoms with E-state index in [1.807, 2.05) is 50.2 Å². The molecule has 0 radical (unpaired) electrons. The molecule has 1 N–H and O–H groups in total. The van der Waals surface area contributed by atoms with Gasteiger partial charge in [0.25, 0.3) is 0 Å². The quantitative estimate of drug-likeness (QED) is 0.273. The van der Waals surface area contributed by atoms with Crippen LogP contribution in [0.2, 0.25) is 0 Å². The second kappa shape index (κ2) is 12.6. The second-order valence-electron chi connectivity index (χ2n) is 10.3. The summed E-state index contributed by atoms with van der Waals surface area (Å²) in [4.78, 5) is 24.8. The van der Waals surface area contributed by atoms with Crippen LogP contribution in [0.25, 0.3) is 27.7 Å². The Morgan fingerprint density at radius 1 is 1.07 bits per heavy atom. The molecule has 0 bridgehead atoms. The van der Waals surface area contributed by atoms with Crippen LogP contribution in [-0.2, 0) is 4.79 Å². The summed E-state index contributed by atoms with van der Waals surface area (Å²) in [5, 5.41) is 23.5. The third kappa shape index (κ3) is 6.55. The summed E-state index contributed by atoms with van der Waals surface area (Å²) >= 11 is 0. The van der Waals surface area contributed by atoms with Gasteiger partial charge in [0, 0.05) is 66.9 Å². The number of rotatable bonds is 10. The maximum Gasteiger partial charge on any atom is 0.314 e. The summed E-state index contributed by atoms with van der Waals surface area (Å²) in [7, 11) is 0. The lowest BCUT2D eigenvalue weighted by atomic mass is 9.93. The average molecular weight is 552 g/mol. The first-order chi connectivity index (χ1) is 19.9. The van der Waals surface area contributed by atoms with Crippen molar-refractivity contribution < 1.29 is 14.4 Å². The summed E-state index contributed by atoms with van der Waals surface area (Å²) in [6.07, 6.45) is 3.23. The fourth-order valence-corrected chi connectivity index (χ4v) is 4.95. The Morgan fingerprint density at radius 2 is 1.85 bits per heavy atom. The zero-order chi connectivity index (χ0) is 28.8. The van der Waals surface area contributed by atoms with E-state index in [9.17, 15) is 9.90 Å². The van der Waals surface area contributed by atoms with E-state index < -0.39 is 11.9 Å². The molecule has 2 aromatic carbocycles. The Bertz CT molecular complexity index is 1570. The van der Waals surface area contributed by atoms with E-state index in [1.165, 1.54) is 0 Å². The minimum Gasteiger partial charge on any atom is -0.481 e. The first-order valence-electron chi connectivity index (χ1n) is 13.6. The number of benzene rings is 2. The smallest absolute Gasteiger partial charge is 0.314 e. The predicted octanol–water partition coefficient (Wildman–Crippen LogP) is 5.00. The highest BCUT2D eigenvalue weighted by Crippen LogP contribution is 2.28. The minimum atomic E-state index is -0.947. The number of nitrogens with zero attached hydrogens (tertiary/aromatic N) is 7. The van der Waals surface area contributed by atoms with Gasteiger partial charge in [-0.25, -0.2) is 0 Å². The van der Waals surface area contributed by atoms with Gasteiger partial charge in [0.2, 0.25) is 0 Å². The number of piperazine rings is 1. The van der Waals surface area contributed by atoms with Gasteiger partial charge in [0.1, 0.15) is 11.6 Å². The maximum atomic E-state index is 11.7. The molecule has 1 atom stereocenters. The van der Waals surface area contributed by atoms with Gasteiger partial charge < -0.3 is 14.5 Å². The zero-order valence-corrected chi connectivity index (χ0v) is 23.2. The number of aromatic nitrogens is 3. The van der Waals surface area contributed by atoms with Gasteiger partial charge in [-0.05, 0) is 36.9 Å². The molecule has 1 saturated heterocycles. The van der Waals surface area contributed by atoms with Crippen molar-refractivity contribution in [2.45, 2.75) is 19.8 Å². The lowest BCUT2D eigenvalue weighted by molar-refractivity contribution is -0.140. The van der Waals surface area contributed by atoms with Crippen molar-refractivity contribution >= 4 is 41.1 Å². The van der Waals surface area contributed by atoms with Crippen LogP contribution in [0.4, 0.5) is 5.69 Å². The van der Waals surface area contributed by atoms with Crippen molar-refractivity contribution in [2.75, 3.05) is 37.7 Å². The number of carbonyl (C=O) groups is 1. The molecule has 0 spiro atoms. The average Bonchev–Trinajstić information content (AvgIpc) is 3.46. The number of hydrogen-bond acceptors (Lipinski definition) is 9. The van der Waals surface area contributed by atoms with Gasteiger partial charge >= 0.3 is 5.97 Å². The highest BCUT2D eigenvalue weighted by Gasteiger charge is 2.28. The van der Waals surface area contributed by atoms with Crippen LogP contribution >= 0.6 is 0 Å². The third-order valence-electron chi connectivity index (χ3n) is 7.18. The lowest BCUT2D eigenvalue weighted by Gasteiger charge is -2.35. The molecule has 0 aliphatic carbocycles.